The quantitative estimate of drug-likeness (QED) is 0.848. The zero-order chi connectivity index (χ0) is 11.7. The van der Waals surface area contributed by atoms with Crippen molar-refractivity contribution in [1.82, 2.24) is 15.1 Å². The van der Waals surface area contributed by atoms with Gasteiger partial charge in [-0.1, -0.05) is 12.1 Å². The predicted octanol–water partition coefficient (Wildman–Crippen LogP) is 1.53. The van der Waals surface area contributed by atoms with E-state index in [1.165, 1.54) is 11.3 Å². The van der Waals surface area contributed by atoms with Crippen molar-refractivity contribution in [1.29, 1.82) is 0 Å². The summed E-state index contributed by atoms with van der Waals surface area (Å²) in [5.41, 5.74) is 3.57. The average molecular weight is 229 g/mol. The van der Waals surface area contributed by atoms with Crippen molar-refractivity contribution in [2.75, 3.05) is 13.7 Å². The molecule has 0 bridgehead atoms. The van der Waals surface area contributed by atoms with Crippen LogP contribution in [-0.4, -0.2) is 23.4 Å². The molecule has 2 heterocycles. The molecule has 4 nitrogen and oxygen atoms in total. The molecule has 2 aromatic rings. The minimum Gasteiger partial charge on any atom is -0.494 e. The van der Waals surface area contributed by atoms with Gasteiger partial charge in [-0.2, -0.15) is 5.10 Å². The van der Waals surface area contributed by atoms with Gasteiger partial charge in [0, 0.05) is 6.54 Å². The normalized spacial score (nSPS) is 14.4. The van der Waals surface area contributed by atoms with Gasteiger partial charge in [0.05, 0.1) is 19.0 Å². The lowest BCUT2D eigenvalue weighted by Crippen LogP contribution is -2.25. The van der Waals surface area contributed by atoms with Gasteiger partial charge in [-0.15, -0.1) is 0 Å². The first-order valence-corrected chi connectivity index (χ1v) is 5.80. The van der Waals surface area contributed by atoms with Crippen molar-refractivity contribution in [2.45, 2.75) is 13.0 Å². The van der Waals surface area contributed by atoms with E-state index in [2.05, 4.69) is 10.4 Å². The van der Waals surface area contributed by atoms with Gasteiger partial charge in [0.2, 0.25) is 0 Å². The van der Waals surface area contributed by atoms with E-state index in [4.69, 9.17) is 4.74 Å². The molecule has 0 saturated carbocycles. The molecule has 0 saturated heterocycles. The third-order valence-electron chi connectivity index (χ3n) is 3.13. The van der Waals surface area contributed by atoms with Gasteiger partial charge in [-0.05, 0) is 30.7 Å². The Morgan fingerprint density at radius 3 is 3.12 bits per heavy atom. The first-order chi connectivity index (χ1) is 8.40. The minimum atomic E-state index is 0.851. The SMILES string of the molecule is COc1ccccc1-n1ncc2c1CNCC2. The topological polar surface area (TPSA) is 39.1 Å². The molecule has 0 unspecified atom stereocenters. The van der Waals surface area contributed by atoms with Crippen LogP contribution in [0.15, 0.2) is 30.5 Å². The fraction of sp³-hybridized carbons (Fsp3) is 0.308. The summed E-state index contributed by atoms with van der Waals surface area (Å²) in [5, 5.41) is 7.85. The van der Waals surface area contributed by atoms with Gasteiger partial charge in [-0.3, -0.25) is 0 Å². The Balaban J connectivity index is 2.12. The number of methoxy groups -OCH3 is 1. The number of hydrogen-bond acceptors (Lipinski definition) is 3. The number of ether oxygens (including phenoxy) is 1. The molecule has 88 valence electrons. The second-order valence-corrected chi connectivity index (χ2v) is 4.13. The van der Waals surface area contributed by atoms with Gasteiger partial charge >= 0.3 is 0 Å². The van der Waals surface area contributed by atoms with Crippen molar-refractivity contribution in [3.8, 4) is 11.4 Å². The molecule has 0 amide bonds. The average Bonchev–Trinajstić information content (AvgIpc) is 2.82. The van der Waals surface area contributed by atoms with Crippen LogP contribution in [0.3, 0.4) is 0 Å². The summed E-state index contributed by atoms with van der Waals surface area (Å²) >= 11 is 0. The standard InChI is InChI=1S/C13H15N3O/c1-17-13-5-3-2-4-11(13)16-12-9-14-7-6-10(12)8-15-16/h2-5,8,14H,6-7,9H2,1H3. The van der Waals surface area contributed by atoms with Crippen LogP contribution in [0.1, 0.15) is 11.3 Å². The maximum absolute atomic E-state index is 5.38. The van der Waals surface area contributed by atoms with E-state index in [1.807, 2.05) is 35.1 Å². The highest BCUT2D eigenvalue weighted by molar-refractivity contribution is 5.47. The van der Waals surface area contributed by atoms with Crippen molar-refractivity contribution in [3.63, 3.8) is 0 Å². The van der Waals surface area contributed by atoms with Gasteiger partial charge in [-0.25, -0.2) is 4.68 Å². The summed E-state index contributed by atoms with van der Waals surface area (Å²) in [7, 11) is 1.69. The summed E-state index contributed by atoms with van der Waals surface area (Å²) in [6.07, 6.45) is 3.01. The van der Waals surface area contributed by atoms with Crippen LogP contribution in [0.25, 0.3) is 5.69 Å². The van der Waals surface area contributed by atoms with E-state index < -0.39 is 0 Å². The Kier molecular flexibility index (Phi) is 2.57. The lowest BCUT2D eigenvalue weighted by atomic mass is 10.1. The van der Waals surface area contributed by atoms with Gasteiger partial charge < -0.3 is 10.1 Å². The van der Waals surface area contributed by atoms with E-state index in [0.29, 0.717) is 0 Å². The zero-order valence-corrected chi connectivity index (χ0v) is 9.81. The smallest absolute Gasteiger partial charge is 0.144 e. The second-order valence-electron chi connectivity index (χ2n) is 4.13. The Morgan fingerprint density at radius 1 is 1.35 bits per heavy atom. The van der Waals surface area contributed by atoms with Crippen molar-refractivity contribution in [3.05, 3.63) is 41.7 Å². The molecule has 0 aliphatic carbocycles. The highest BCUT2D eigenvalue weighted by Gasteiger charge is 2.17. The summed E-state index contributed by atoms with van der Waals surface area (Å²) < 4.78 is 7.35. The van der Waals surface area contributed by atoms with Crippen LogP contribution in [0.5, 0.6) is 5.75 Å². The molecule has 4 heteroatoms. The lowest BCUT2D eigenvalue weighted by Gasteiger charge is -2.16. The summed E-state index contributed by atoms with van der Waals surface area (Å²) in [6, 6.07) is 7.96. The highest BCUT2D eigenvalue weighted by atomic mass is 16.5. The number of rotatable bonds is 2. The van der Waals surface area contributed by atoms with E-state index in [9.17, 15) is 0 Å². The van der Waals surface area contributed by atoms with Crippen LogP contribution < -0.4 is 10.1 Å². The fourth-order valence-electron chi connectivity index (χ4n) is 2.25. The van der Waals surface area contributed by atoms with E-state index in [-0.39, 0.29) is 0 Å². The molecule has 1 aromatic carbocycles. The maximum atomic E-state index is 5.38. The molecule has 1 aromatic heterocycles. The Labute approximate surface area is 100 Å². The first kappa shape index (κ1) is 10.4. The second kappa shape index (κ2) is 4.22. The van der Waals surface area contributed by atoms with Crippen molar-refractivity contribution >= 4 is 0 Å². The molecule has 0 spiro atoms. The van der Waals surface area contributed by atoms with Gasteiger partial charge in [0.15, 0.2) is 0 Å². The number of nitrogens with zero attached hydrogens (tertiary/aromatic N) is 2. The highest BCUT2D eigenvalue weighted by Crippen LogP contribution is 2.25. The minimum absolute atomic E-state index is 0.851. The summed E-state index contributed by atoms with van der Waals surface area (Å²) in [6.45, 7) is 1.90. The van der Waals surface area contributed by atoms with E-state index in [1.54, 1.807) is 7.11 Å². The van der Waals surface area contributed by atoms with Crippen LogP contribution in [0.4, 0.5) is 0 Å². The summed E-state index contributed by atoms with van der Waals surface area (Å²) in [4.78, 5) is 0. The van der Waals surface area contributed by atoms with Crippen LogP contribution in [0.2, 0.25) is 0 Å². The molecule has 3 rings (SSSR count). The number of aromatic nitrogens is 2. The lowest BCUT2D eigenvalue weighted by molar-refractivity contribution is 0.411. The molecule has 17 heavy (non-hydrogen) atoms. The summed E-state index contributed by atoms with van der Waals surface area (Å²) in [5.74, 6) is 0.851. The van der Waals surface area contributed by atoms with Crippen molar-refractivity contribution in [2.24, 2.45) is 0 Å². The molecular formula is C13H15N3O. The molecule has 1 aliphatic heterocycles. The Bertz CT molecular complexity index is 533. The van der Waals surface area contributed by atoms with Crippen LogP contribution in [0, 0.1) is 0 Å². The van der Waals surface area contributed by atoms with E-state index in [0.717, 1.165) is 30.9 Å². The number of fused-ring (bicyclic) bond motifs is 1. The van der Waals surface area contributed by atoms with Crippen LogP contribution in [-0.2, 0) is 13.0 Å². The van der Waals surface area contributed by atoms with Crippen molar-refractivity contribution < 1.29 is 4.74 Å². The first-order valence-electron chi connectivity index (χ1n) is 5.80. The number of para-hydroxylation sites is 2. The van der Waals surface area contributed by atoms with E-state index >= 15 is 0 Å². The molecule has 1 N–H and O–H groups in total. The Morgan fingerprint density at radius 2 is 2.24 bits per heavy atom. The number of hydrogen-bond donors (Lipinski definition) is 1. The molecule has 0 radical (unpaired) electrons. The van der Waals surface area contributed by atoms with Gasteiger partial charge in [0.25, 0.3) is 0 Å². The fourth-order valence-corrected chi connectivity index (χ4v) is 2.25. The zero-order valence-electron chi connectivity index (χ0n) is 9.81. The number of nitrogens with one attached hydrogen (secondary N) is 1. The molecule has 1 aliphatic rings. The Hall–Kier alpha value is -1.81. The predicted molar refractivity (Wildman–Crippen MR) is 65.5 cm³/mol. The third-order valence-corrected chi connectivity index (χ3v) is 3.13. The maximum Gasteiger partial charge on any atom is 0.144 e. The number of benzene rings is 1. The third kappa shape index (κ3) is 1.70. The van der Waals surface area contributed by atoms with Crippen LogP contribution >= 0.6 is 0 Å². The largest absolute Gasteiger partial charge is 0.494 e. The monoisotopic (exact) mass is 229 g/mol. The molecular weight excluding hydrogens is 214 g/mol. The molecule has 0 fully saturated rings. The van der Waals surface area contributed by atoms with Gasteiger partial charge in [0.1, 0.15) is 11.4 Å². The molecule has 0 atom stereocenters.